The van der Waals surface area contributed by atoms with Crippen LogP contribution in [0.25, 0.3) is 0 Å². The van der Waals surface area contributed by atoms with Gasteiger partial charge in [-0.3, -0.25) is 34.6 Å². The Morgan fingerprint density at radius 3 is 1.30 bits per heavy atom. The number of benzene rings is 2. The summed E-state index contributed by atoms with van der Waals surface area (Å²) in [6, 6.07) is 13.2. The molecule has 0 spiro atoms. The number of azo groups is 1. The average molecular weight is 849 g/mol. The first-order valence-corrected chi connectivity index (χ1v) is 21.8. The summed E-state index contributed by atoms with van der Waals surface area (Å²) >= 11 is 0. The molecule has 1 fully saturated rings. The Balaban J connectivity index is 1.33. The van der Waals surface area contributed by atoms with Gasteiger partial charge in [-0.2, -0.15) is 10.2 Å². The van der Waals surface area contributed by atoms with E-state index in [9.17, 15) is 40.8 Å². The van der Waals surface area contributed by atoms with Gasteiger partial charge in [0.1, 0.15) is 25.4 Å². The maximum atomic E-state index is 10.8. The predicted molar refractivity (Wildman–Crippen MR) is 232 cm³/mol. The van der Waals surface area contributed by atoms with Crippen LogP contribution < -0.4 is 4.74 Å². The normalized spacial score (nSPS) is 13.8. The van der Waals surface area contributed by atoms with Crippen molar-refractivity contribution >= 4 is 17.1 Å². The lowest BCUT2D eigenvalue weighted by Crippen LogP contribution is -2.46. The van der Waals surface area contributed by atoms with Gasteiger partial charge < -0.3 is 39.9 Å². The van der Waals surface area contributed by atoms with Crippen molar-refractivity contribution in [1.29, 1.82) is 0 Å². The van der Waals surface area contributed by atoms with Crippen LogP contribution in [0.15, 0.2) is 58.8 Å². The Morgan fingerprint density at radius 1 is 0.500 bits per heavy atom. The van der Waals surface area contributed by atoms with E-state index in [1.807, 2.05) is 24.3 Å². The molecule has 0 aliphatic carbocycles. The van der Waals surface area contributed by atoms with E-state index in [-0.39, 0.29) is 45.3 Å². The van der Waals surface area contributed by atoms with Gasteiger partial charge in [-0.1, -0.05) is 12.8 Å². The van der Waals surface area contributed by atoms with Crippen LogP contribution in [0.1, 0.15) is 25.7 Å². The summed E-state index contributed by atoms with van der Waals surface area (Å²) in [5.41, 5.74) is 1.18. The molecule has 3 rings (SSSR count). The molecule has 18 heteroatoms. The topological polar surface area (TPSA) is 215 Å². The van der Waals surface area contributed by atoms with Crippen LogP contribution in [0.5, 0.6) is 5.75 Å². The molecule has 6 N–H and O–H groups in total. The Morgan fingerprint density at radius 2 is 0.900 bits per heavy atom. The second kappa shape index (κ2) is 30.7. The highest BCUT2D eigenvalue weighted by Gasteiger charge is 2.41. The van der Waals surface area contributed by atoms with E-state index in [0.717, 1.165) is 128 Å². The van der Waals surface area contributed by atoms with Gasteiger partial charge in [-0.05, 0) is 55.8 Å². The number of nitrogens with zero attached hydrogens (tertiary/aromatic N) is 9. The highest BCUT2D eigenvalue weighted by molar-refractivity contribution is 5.45. The molecular formula is C42H74N9O9+. The molecule has 0 radical (unpaired) electrons. The van der Waals surface area contributed by atoms with E-state index in [1.165, 1.54) is 12.1 Å². The Hall–Kier alpha value is -3.24. The summed E-state index contributed by atoms with van der Waals surface area (Å²) in [4.78, 5) is 21.6. The smallest absolute Gasteiger partial charge is 0.269 e. The van der Waals surface area contributed by atoms with Gasteiger partial charge in [0.05, 0.1) is 69.1 Å². The Bertz CT molecular complexity index is 1420. The quantitative estimate of drug-likeness (QED) is 0.0140. The largest absolute Gasteiger partial charge is 0.494 e. The van der Waals surface area contributed by atoms with Gasteiger partial charge in [0.15, 0.2) is 0 Å². The van der Waals surface area contributed by atoms with E-state index in [2.05, 4.69) is 34.7 Å². The first kappa shape index (κ1) is 51.1. The summed E-state index contributed by atoms with van der Waals surface area (Å²) < 4.78 is 6.86. The molecule has 1 saturated heterocycles. The fourth-order valence-electron chi connectivity index (χ4n) is 7.13. The monoisotopic (exact) mass is 849 g/mol. The average Bonchev–Trinajstić information content (AvgIpc) is 4.03. The van der Waals surface area contributed by atoms with Crippen molar-refractivity contribution in [3.05, 3.63) is 58.6 Å². The number of quaternary nitrogens is 1. The lowest BCUT2D eigenvalue weighted by Gasteiger charge is -2.32. The number of unbranched alkanes of at least 4 members (excludes halogenated alkanes) is 3. The third-order valence-corrected chi connectivity index (χ3v) is 11.1. The van der Waals surface area contributed by atoms with Gasteiger partial charge in [-0.25, -0.2) is 0 Å². The zero-order chi connectivity index (χ0) is 43.3. The zero-order valence-corrected chi connectivity index (χ0v) is 35.8. The minimum atomic E-state index is -0.454. The molecule has 1 heterocycles. The van der Waals surface area contributed by atoms with Crippen molar-refractivity contribution in [2.45, 2.75) is 25.7 Å². The second-order valence-electron chi connectivity index (χ2n) is 15.5. The predicted octanol–water partition coefficient (Wildman–Crippen LogP) is 1.24. The summed E-state index contributed by atoms with van der Waals surface area (Å²) in [5.74, 6) is 0.749. The number of nitro benzene ring substituents is 1. The fourth-order valence-corrected chi connectivity index (χ4v) is 7.13. The van der Waals surface area contributed by atoms with Crippen LogP contribution in [0, 0.1) is 10.1 Å². The number of nitro groups is 1. The van der Waals surface area contributed by atoms with Crippen molar-refractivity contribution in [1.82, 2.24) is 24.5 Å². The number of aliphatic hydroxyl groups is 6. The van der Waals surface area contributed by atoms with Gasteiger partial charge in [0, 0.05) is 104 Å². The Labute approximate surface area is 356 Å². The molecular weight excluding hydrogens is 775 g/mol. The number of hydrogen-bond acceptors (Lipinski definition) is 16. The van der Waals surface area contributed by atoms with E-state index in [0.29, 0.717) is 50.7 Å². The minimum Gasteiger partial charge on any atom is -0.494 e. The standard InChI is InChI=1S/C42H74N9O9/c52-32-23-45(13-3-1-2-4-38-60-42-11-7-40(8-12-42)44-43-39-5-9-41(10-6-39)50(58)59)14-15-46(24-33-53)16-17-47(25-34-54)18-19-48(26-35-55)20-21-49(27-36-56)22-28-51(29-30-51)31-37-57/h5-12,52-57H,1-4,13-38H2/q+1. The fraction of sp³-hybridized carbons (Fsp3) is 0.714. The highest BCUT2D eigenvalue weighted by atomic mass is 16.6. The van der Waals surface area contributed by atoms with Crippen LogP contribution in [0.3, 0.4) is 0 Å². The molecule has 0 saturated carbocycles. The van der Waals surface area contributed by atoms with E-state index < -0.39 is 4.92 Å². The molecule has 60 heavy (non-hydrogen) atoms. The number of rotatable bonds is 38. The lowest BCUT2D eigenvalue weighted by atomic mass is 10.2. The zero-order valence-electron chi connectivity index (χ0n) is 35.8. The van der Waals surface area contributed by atoms with Gasteiger partial charge in [0.25, 0.3) is 5.69 Å². The molecule has 340 valence electrons. The Kier molecular flexibility index (Phi) is 26.2. The van der Waals surface area contributed by atoms with Crippen LogP contribution in [-0.4, -0.2) is 235 Å². The van der Waals surface area contributed by atoms with E-state index in [4.69, 9.17) is 4.74 Å². The van der Waals surface area contributed by atoms with Crippen molar-refractivity contribution < 1.29 is 44.8 Å². The molecule has 0 unspecified atom stereocenters. The number of ether oxygens (including phenoxy) is 1. The molecule has 0 bridgehead atoms. The summed E-state index contributed by atoms with van der Waals surface area (Å²) in [7, 11) is 0. The molecule has 1 aliphatic rings. The summed E-state index contributed by atoms with van der Waals surface area (Å²) in [5, 5.41) is 77.4. The maximum Gasteiger partial charge on any atom is 0.269 e. The number of non-ortho nitro benzene ring substituents is 1. The summed E-state index contributed by atoms with van der Waals surface area (Å²) in [6.45, 7) is 15.7. The maximum absolute atomic E-state index is 10.8. The van der Waals surface area contributed by atoms with Crippen molar-refractivity contribution in [3.8, 4) is 5.75 Å². The highest BCUT2D eigenvalue weighted by Crippen LogP contribution is 2.23. The number of hydrogen-bond donors (Lipinski definition) is 6. The van der Waals surface area contributed by atoms with Crippen molar-refractivity contribution in [2.24, 2.45) is 10.2 Å². The molecule has 0 atom stereocenters. The van der Waals surface area contributed by atoms with Crippen LogP contribution in [-0.2, 0) is 0 Å². The molecule has 2 aromatic carbocycles. The lowest BCUT2D eigenvalue weighted by molar-refractivity contribution is -0.799. The van der Waals surface area contributed by atoms with Crippen LogP contribution in [0.4, 0.5) is 17.1 Å². The molecule has 2 aromatic rings. The van der Waals surface area contributed by atoms with E-state index >= 15 is 0 Å². The van der Waals surface area contributed by atoms with Crippen LogP contribution in [0.2, 0.25) is 0 Å². The first-order chi connectivity index (χ1) is 29.3. The molecule has 18 nitrogen and oxygen atoms in total. The number of aliphatic hydroxyl groups excluding tert-OH is 6. The second-order valence-corrected chi connectivity index (χ2v) is 15.5. The van der Waals surface area contributed by atoms with Gasteiger partial charge >= 0.3 is 0 Å². The van der Waals surface area contributed by atoms with Gasteiger partial charge in [-0.15, -0.1) is 0 Å². The third-order valence-electron chi connectivity index (χ3n) is 11.1. The minimum absolute atomic E-state index is 0.00590. The SMILES string of the molecule is O=[N+]([O-])c1ccc(N=Nc2ccc(OCCCCCCN(CCO)CCN(CCO)CCN(CCO)CCN(CCO)CCN(CCO)CC[N+]3(CCO)CC3)cc2)cc1. The molecule has 1 aliphatic heterocycles. The van der Waals surface area contributed by atoms with Crippen molar-refractivity contribution in [3.63, 3.8) is 0 Å². The first-order valence-electron chi connectivity index (χ1n) is 21.8. The van der Waals surface area contributed by atoms with Gasteiger partial charge in [0.2, 0.25) is 0 Å². The van der Waals surface area contributed by atoms with Crippen molar-refractivity contribution in [2.75, 3.05) is 171 Å². The third kappa shape index (κ3) is 21.5. The van der Waals surface area contributed by atoms with Crippen LogP contribution >= 0.6 is 0 Å². The van der Waals surface area contributed by atoms with E-state index in [1.54, 1.807) is 12.1 Å². The summed E-state index contributed by atoms with van der Waals surface area (Å²) in [6.07, 6.45) is 3.99. The molecule has 0 amide bonds. The molecule has 0 aromatic heterocycles.